The van der Waals surface area contributed by atoms with E-state index < -0.39 is 0 Å². The van der Waals surface area contributed by atoms with Crippen LogP contribution >= 0.6 is 0 Å². The summed E-state index contributed by atoms with van der Waals surface area (Å²) in [4.78, 5) is 17.9. The van der Waals surface area contributed by atoms with Gasteiger partial charge in [0.1, 0.15) is 11.6 Å². The number of nitrogens with zero attached hydrogens (tertiary/aromatic N) is 5. The monoisotopic (exact) mass is 400 g/mol. The molecular formula is C21H29FN6O. The third-order valence-electron chi connectivity index (χ3n) is 4.65. The van der Waals surface area contributed by atoms with E-state index >= 15 is 0 Å². The number of piperazine rings is 1. The van der Waals surface area contributed by atoms with Gasteiger partial charge in [0.15, 0.2) is 5.96 Å². The van der Waals surface area contributed by atoms with Gasteiger partial charge >= 0.3 is 0 Å². The molecule has 1 fully saturated rings. The van der Waals surface area contributed by atoms with Crippen molar-refractivity contribution in [3.8, 4) is 5.75 Å². The number of rotatable bonds is 8. The number of benzene rings is 1. The van der Waals surface area contributed by atoms with E-state index in [0.717, 1.165) is 64.0 Å². The topological polar surface area (TPSA) is 65.9 Å². The molecule has 2 aromatic rings. The van der Waals surface area contributed by atoms with E-state index in [2.05, 4.69) is 32.0 Å². The Morgan fingerprint density at radius 2 is 1.83 bits per heavy atom. The molecule has 0 radical (unpaired) electrons. The predicted octanol–water partition coefficient (Wildman–Crippen LogP) is 2.56. The Morgan fingerprint density at radius 1 is 1.10 bits per heavy atom. The highest BCUT2D eigenvalue weighted by Crippen LogP contribution is 2.12. The second kappa shape index (κ2) is 11.2. The minimum Gasteiger partial charge on any atom is -0.494 e. The molecule has 0 aliphatic carbocycles. The number of aliphatic imine (C=N–C) groups is 1. The smallest absolute Gasteiger partial charge is 0.225 e. The van der Waals surface area contributed by atoms with Gasteiger partial charge in [0.25, 0.3) is 0 Å². The molecule has 8 heteroatoms. The molecule has 3 rings (SSSR count). The highest BCUT2D eigenvalue weighted by atomic mass is 19.1. The van der Waals surface area contributed by atoms with Crippen molar-refractivity contribution >= 4 is 11.9 Å². The summed E-state index contributed by atoms with van der Waals surface area (Å²) in [6.07, 6.45) is 5.40. The quantitative estimate of drug-likeness (QED) is 0.417. The number of anilines is 1. The minimum absolute atomic E-state index is 0.250. The second-order valence-corrected chi connectivity index (χ2v) is 6.77. The Bertz CT molecular complexity index is 748. The first-order valence-corrected chi connectivity index (χ1v) is 10.2. The summed E-state index contributed by atoms with van der Waals surface area (Å²) in [5, 5.41) is 3.39. The third-order valence-corrected chi connectivity index (χ3v) is 4.65. The molecule has 156 valence electrons. The summed E-state index contributed by atoms with van der Waals surface area (Å²) < 4.78 is 18.5. The largest absolute Gasteiger partial charge is 0.494 e. The average molecular weight is 401 g/mol. The number of guanidine groups is 1. The molecule has 29 heavy (non-hydrogen) atoms. The van der Waals surface area contributed by atoms with E-state index in [0.29, 0.717) is 12.4 Å². The minimum atomic E-state index is -0.250. The molecule has 1 aromatic carbocycles. The van der Waals surface area contributed by atoms with Crippen molar-refractivity contribution in [2.45, 2.75) is 19.8 Å². The van der Waals surface area contributed by atoms with Crippen LogP contribution in [0.5, 0.6) is 5.75 Å². The summed E-state index contributed by atoms with van der Waals surface area (Å²) in [6.45, 7) is 7.80. The summed E-state index contributed by atoms with van der Waals surface area (Å²) in [7, 11) is 0. The lowest BCUT2D eigenvalue weighted by Gasteiger charge is -2.36. The van der Waals surface area contributed by atoms with Crippen molar-refractivity contribution < 1.29 is 9.13 Å². The Morgan fingerprint density at radius 3 is 2.52 bits per heavy atom. The fraction of sp³-hybridized carbons (Fsp3) is 0.476. The van der Waals surface area contributed by atoms with Crippen molar-refractivity contribution in [3.63, 3.8) is 0 Å². The van der Waals surface area contributed by atoms with Crippen molar-refractivity contribution in [2.75, 3.05) is 50.8 Å². The molecular weight excluding hydrogens is 371 g/mol. The molecule has 1 aliphatic heterocycles. The van der Waals surface area contributed by atoms with Gasteiger partial charge in [-0.2, -0.15) is 0 Å². The van der Waals surface area contributed by atoms with E-state index in [-0.39, 0.29) is 5.82 Å². The van der Waals surface area contributed by atoms with E-state index in [1.54, 1.807) is 24.5 Å². The molecule has 0 spiro atoms. The third kappa shape index (κ3) is 6.58. The van der Waals surface area contributed by atoms with Crippen LogP contribution in [0.2, 0.25) is 0 Å². The van der Waals surface area contributed by atoms with E-state index in [1.807, 2.05) is 6.07 Å². The lowest BCUT2D eigenvalue weighted by Crippen LogP contribution is -2.53. The van der Waals surface area contributed by atoms with Crippen molar-refractivity contribution in [1.29, 1.82) is 0 Å². The first kappa shape index (κ1) is 20.8. The first-order chi connectivity index (χ1) is 14.3. The Balaban J connectivity index is 1.39. The van der Waals surface area contributed by atoms with Crippen LogP contribution in [-0.2, 0) is 0 Å². The van der Waals surface area contributed by atoms with Gasteiger partial charge in [0.2, 0.25) is 5.95 Å². The van der Waals surface area contributed by atoms with Gasteiger partial charge in [-0.05, 0) is 50.1 Å². The van der Waals surface area contributed by atoms with Gasteiger partial charge in [0.05, 0.1) is 6.61 Å². The first-order valence-electron chi connectivity index (χ1n) is 10.2. The molecule has 0 saturated carbocycles. The summed E-state index contributed by atoms with van der Waals surface area (Å²) >= 11 is 0. The van der Waals surface area contributed by atoms with E-state index in [4.69, 9.17) is 9.73 Å². The number of hydrogen-bond acceptors (Lipinski definition) is 5. The lowest BCUT2D eigenvalue weighted by atomic mass is 10.3. The maximum Gasteiger partial charge on any atom is 0.225 e. The maximum atomic E-state index is 12.9. The number of ether oxygens (including phenoxy) is 1. The zero-order valence-electron chi connectivity index (χ0n) is 16.9. The maximum absolute atomic E-state index is 12.9. The molecule has 1 aliphatic rings. The van der Waals surface area contributed by atoms with Gasteiger partial charge in [-0.25, -0.2) is 14.4 Å². The van der Waals surface area contributed by atoms with Crippen LogP contribution in [0.15, 0.2) is 47.7 Å². The molecule has 0 unspecified atom stereocenters. The van der Waals surface area contributed by atoms with Crippen LogP contribution in [0.1, 0.15) is 19.8 Å². The van der Waals surface area contributed by atoms with Crippen LogP contribution in [0, 0.1) is 5.82 Å². The van der Waals surface area contributed by atoms with Crippen molar-refractivity contribution in [2.24, 2.45) is 4.99 Å². The van der Waals surface area contributed by atoms with Crippen LogP contribution in [0.4, 0.5) is 10.3 Å². The zero-order valence-corrected chi connectivity index (χ0v) is 16.9. The molecule has 0 atom stereocenters. The Labute approximate surface area is 171 Å². The molecule has 1 saturated heterocycles. The summed E-state index contributed by atoms with van der Waals surface area (Å²) in [5.74, 6) is 2.19. The fourth-order valence-electron chi connectivity index (χ4n) is 3.12. The molecule has 1 N–H and O–H groups in total. The van der Waals surface area contributed by atoms with E-state index in [9.17, 15) is 4.39 Å². The van der Waals surface area contributed by atoms with Crippen LogP contribution in [-0.4, -0.2) is 66.7 Å². The lowest BCUT2D eigenvalue weighted by molar-refractivity contribution is 0.307. The highest BCUT2D eigenvalue weighted by Gasteiger charge is 2.20. The highest BCUT2D eigenvalue weighted by molar-refractivity contribution is 5.80. The van der Waals surface area contributed by atoms with Gasteiger partial charge in [-0.15, -0.1) is 0 Å². The summed E-state index contributed by atoms with van der Waals surface area (Å²) in [5.41, 5.74) is 0. The number of nitrogens with one attached hydrogen (secondary N) is 1. The predicted molar refractivity (Wildman–Crippen MR) is 113 cm³/mol. The molecule has 0 bridgehead atoms. The summed E-state index contributed by atoms with van der Waals surface area (Å²) in [6, 6.07) is 7.95. The second-order valence-electron chi connectivity index (χ2n) is 6.77. The molecule has 1 aromatic heterocycles. The number of aromatic nitrogens is 2. The number of halogens is 1. The van der Waals surface area contributed by atoms with Gasteiger partial charge in [-0.1, -0.05) is 0 Å². The van der Waals surface area contributed by atoms with Crippen LogP contribution in [0.3, 0.4) is 0 Å². The molecule has 2 heterocycles. The van der Waals surface area contributed by atoms with Crippen molar-refractivity contribution in [1.82, 2.24) is 20.2 Å². The average Bonchev–Trinajstić information content (AvgIpc) is 2.77. The normalized spacial score (nSPS) is 14.8. The Hall–Kier alpha value is -2.90. The zero-order chi connectivity index (χ0) is 20.3. The molecule has 0 amide bonds. The van der Waals surface area contributed by atoms with E-state index in [1.165, 1.54) is 12.1 Å². The fourth-order valence-corrected chi connectivity index (χ4v) is 3.12. The SMILES string of the molecule is CCNC(=NCCCCOc1ccc(F)cc1)N1CCN(c2ncccn2)CC1. The number of unbranched alkanes of at least 4 members (excludes halogenated alkanes) is 1. The van der Waals surface area contributed by atoms with Crippen LogP contribution < -0.4 is 15.0 Å². The van der Waals surface area contributed by atoms with Crippen molar-refractivity contribution in [3.05, 3.63) is 48.5 Å². The van der Waals surface area contributed by atoms with Gasteiger partial charge in [-0.3, -0.25) is 4.99 Å². The standard InChI is InChI=1S/C21H29FN6O/c1-2-23-20(24-10-3-4-17-29-19-8-6-18(22)7-9-19)27-13-15-28(16-14-27)21-25-11-5-12-26-21/h5-9,11-12H,2-4,10,13-17H2,1H3,(H,23,24). The Kier molecular flexibility index (Phi) is 8.03. The van der Waals surface area contributed by atoms with Gasteiger partial charge < -0.3 is 19.9 Å². The van der Waals surface area contributed by atoms with Crippen LogP contribution in [0.25, 0.3) is 0 Å². The number of hydrogen-bond donors (Lipinski definition) is 1. The van der Waals surface area contributed by atoms with Gasteiger partial charge in [0, 0.05) is 51.7 Å². The molecule has 7 nitrogen and oxygen atoms in total.